The molecule has 5 nitrogen and oxygen atoms in total. The Morgan fingerprint density at radius 3 is 2.08 bits per heavy atom. The maximum Gasteiger partial charge on any atom is 0.250 e. The number of hydrogen-bond acceptors (Lipinski definition) is 4. The molecule has 4 aliphatic rings. The summed E-state index contributed by atoms with van der Waals surface area (Å²) in [6, 6.07) is 5.89. The molecule has 2 atom stereocenters. The van der Waals surface area contributed by atoms with Crippen LogP contribution in [0.4, 0.5) is 0 Å². The zero-order chi connectivity index (χ0) is 26.2. The van der Waals surface area contributed by atoms with Crippen LogP contribution in [0.1, 0.15) is 115 Å². The van der Waals surface area contributed by atoms with Crippen molar-refractivity contribution in [2.75, 3.05) is 6.54 Å². The second-order valence-electron chi connectivity index (χ2n) is 11.7. The van der Waals surface area contributed by atoms with E-state index in [4.69, 9.17) is 28.9 Å². The molecule has 206 valence electrons. The van der Waals surface area contributed by atoms with Crippen molar-refractivity contribution < 1.29 is 4.79 Å². The lowest BCUT2D eigenvalue weighted by atomic mass is 9.67. The molecule has 2 aliphatic carbocycles. The number of nitrogens with zero attached hydrogens (tertiary/aromatic N) is 2. The molecule has 2 saturated carbocycles. The lowest BCUT2D eigenvalue weighted by molar-refractivity contribution is -0.130. The largest absolute Gasteiger partial charge is 0.385 e. The molecule has 2 aliphatic heterocycles. The fraction of sp³-hybridized carbons (Fsp3) is 0.733. The van der Waals surface area contributed by atoms with Crippen LogP contribution in [-0.4, -0.2) is 29.3 Å². The molecule has 2 unspecified atom stereocenters. The Morgan fingerprint density at radius 1 is 0.946 bits per heavy atom. The van der Waals surface area contributed by atoms with E-state index >= 15 is 0 Å². The van der Waals surface area contributed by atoms with Gasteiger partial charge in [-0.15, -0.1) is 0 Å². The summed E-state index contributed by atoms with van der Waals surface area (Å²) in [6.07, 6.45) is 21.3. The Bertz CT molecular complexity index is 887. The predicted molar refractivity (Wildman–Crippen MR) is 155 cm³/mol. The standard InChI is InChI=1S/C19H35N.C11H11Cl2N3O/c1-3-9-16(10-4-1)19(17-11-5-2-6-12-17)15-18-13-7-8-14-20-18;1-6(16-11(17)5-10(14)15-16)7-2-3-8(12)9(13)4-7/h16-20H,1-15H2;2-4,6H,5H2,1H3,(H2,14,15). The molecule has 0 radical (unpaired) electrons. The van der Waals surface area contributed by atoms with Gasteiger partial charge in [-0.1, -0.05) is 99.9 Å². The Hall–Kier alpha value is -1.30. The average Bonchev–Trinajstić information content (AvgIpc) is 3.28. The number of amides is 1. The minimum absolute atomic E-state index is 0.110. The summed E-state index contributed by atoms with van der Waals surface area (Å²) < 4.78 is 0. The van der Waals surface area contributed by atoms with Crippen LogP contribution in [0.25, 0.3) is 0 Å². The third kappa shape index (κ3) is 8.10. The fourth-order valence-corrected chi connectivity index (χ4v) is 7.34. The molecule has 1 amide bonds. The van der Waals surface area contributed by atoms with Gasteiger partial charge >= 0.3 is 0 Å². The number of benzene rings is 1. The maximum atomic E-state index is 11.6. The summed E-state index contributed by atoms with van der Waals surface area (Å²) in [4.78, 5) is 11.6. The van der Waals surface area contributed by atoms with Crippen LogP contribution in [0, 0.1) is 17.8 Å². The minimum atomic E-state index is -0.210. The molecule has 1 aromatic rings. The smallest absolute Gasteiger partial charge is 0.250 e. The van der Waals surface area contributed by atoms with Gasteiger partial charge in [0.1, 0.15) is 5.84 Å². The highest BCUT2D eigenvalue weighted by Crippen LogP contribution is 2.42. The van der Waals surface area contributed by atoms with Gasteiger partial charge in [0.15, 0.2) is 0 Å². The predicted octanol–water partition coefficient (Wildman–Crippen LogP) is 7.85. The molecule has 2 heterocycles. The number of hydrazone groups is 1. The summed E-state index contributed by atoms with van der Waals surface area (Å²) in [7, 11) is 0. The van der Waals surface area contributed by atoms with Crippen molar-refractivity contribution >= 4 is 34.9 Å². The Kier molecular flexibility index (Phi) is 11.0. The van der Waals surface area contributed by atoms with Gasteiger partial charge in [0.05, 0.1) is 22.5 Å². The van der Waals surface area contributed by atoms with Gasteiger partial charge in [-0.05, 0) is 68.2 Å². The summed E-state index contributed by atoms with van der Waals surface area (Å²) in [5.74, 6) is 3.44. The molecule has 37 heavy (non-hydrogen) atoms. The topological polar surface area (TPSA) is 70.7 Å². The lowest BCUT2D eigenvalue weighted by Gasteiger charge is -2.40. The number of nitrogens with two attached hydrogens (primary N) is 1. The Balaban J connectivity index is 0.000000176. The van der Waals surface area contributed by atoms with Crippen molar-refractivity contribution in [3.63, 3.8) is 0 Å². The van der Waals surface area contributed by atoms with Gasteiger partial charge in [0.2, 0.25) is 0 Å². The van der Waals surface area contributed by atoms with Crippen molar-refractivity contribution in [2.24, 2.45) is 28.6 Å². The van der Waals surface area contributed by atoms with Crippen LogP contribution in [0.15, 0.2) is 23.3 Å². The molecule has 7 heteroatoms. The maximum absolute atomic E-state index is 11.6. The molecule has 5 rings (SSSR count). The molecule has 3 N–H and O–H groups in total. The van der Waals surface area contributed by atoms with Crippen LogP contribution in [0.3, 0.4) is 0 Å². The minimum Gasteiger partial charge on any atom is -0.385 e. The molecular weight excluding hydrogens is 503 g/mol. The van der Waals surface area contributed by atoms with Crippen molar-refractivity contribution in [1.82, 2.24) is 10.3 Å². The van der Waals surface area contributed by atoms with Crippen LogP contribution in [0.5, 0.6) is 0 Å². The van der Waals surface area contributed by atoms with Gasteiger partial charge < -0.3 is 11.1 Å². The van der Waals surface area contributed by atoms with Gasteiger partial charge in [-0.2, -0.15) is 5.10 Å². The average molecular weight is 550 g/mol. The molecule has 0 bridgehead atoms. The van der Waals surface area contributed by atoms with Crippen molar-refractivity contribution in [3.8, 4) is 0 Å². The van der Waals surface area contributed by atoms with E-state index in [0.29, 0.717) is 15.9 Å². The van der Waals surface area contributed by atoms with E-state index in [9.17, 15) is 4.79 Å². The number of hydrogen-bond donors (Lipinski definition) is 2. The Labute approximate surface area is 233 Å². The van der Waals surface area contributed by atoms with Crippen molar-refractivity contribution in [3.05, 3.63) is 33.8 Å². The third-order valence-electron chi connectivity index (χ3n) is 9.10. The molecule has 1 saturated heterocycles. The second kappa shape index (κ2) is 14.2. The number of piperidine rings is 1. The number of rotatable bonds is 6. The highest BCUT2D eigenvalue weighted by molar-refractivity contribution is 6.42. The van der Waals surface area contributed by atoms with Crippen molar-refractivity contribution in [1.29, 1.82) is 0 Å². The quantitative estimate of drug-likeness (QED) is 0.380. The summed E-state index contributed by atoms with van der Waals surface area (Å²) in [6.45, 7) is 3.15. The third-order valence-corrected chi connectivity index (χ3v) is 9.84. The number of halogens is 2. The van der Waals surface area contributed by atoms with Gasteiger partial charge in [0.25, 0.3) is 5.91 Å². The summed E-state index contributed by atoms with van der Waals surface area (Å²) >= 11 is 11.8. The fourth-order valence-electron chi connectivity index (χ4n) is 7.03. The number of carbonyl (C=O) groups excluding carboxylic acids is 1. The highest BCUT2D eigenvalue weighted by Gasteiger charge is 2.33. The van der Waals surface area contributed by atoms with E-state index in [1.165, 1.54) is 75.8 Å². The summed E-state index contributed by atoms with van der Waals surface area (Å²) in [5, 5.41) is 10.1. The van der Waals surface area contributed by atoms with Crippen LogP contribution in [0.2, 0.25) is 10.0 Å². The lowest BCUT2D eigenvalue weighted by Crippen LogP contribution is -2.39. The van der Waals surface area contributed by atoms with Crippen LogP contribution in [-0.2, 0) is 4.79 Å². The number of nitrogens with one attached hydrogen (secondary N) is 1. The van der Waals surface area contributed by atoms with E-state index in [-0.39, 0.29) is 18.4 Å². The molecular formula is C30H46Cl2N4O. The SMILES string of the molecule is C1CCC(C(CC2CCCCN2)C2CCCCC2)CC1.CC(c1ccc(Cl)c(Cl)c1)N1N=C(N)CC1=O. The molecule has 0 spiro atoms. The van der Waals surface area contributed by atoms with E-state index < -0.39 is 0 Å². The zero-order valence-corrected chi connectivity index (χ0v) is 24.1. The van der Waals surface area contributed by atoms with E-state index in [1.807, 2.05) is 13.0 Å². The van der Waals surface area contributed by atoms with E-state index in [0.717, 1.165) is 29.4 Å². The highest BCUT2D eigenvalue weighted by atomic mass is 35.5. The Morgan fingerprint density at radius 2 is 1.57 bits per heavy atom. The first-order chi connectivity index (χ1) is 17.9. The van der Waals surface area contributed by atoms with Crippen LogP contribution >= 0.6 is 23.2 Å². The van der Waals surface area contributed by atoms with Gasteiger partial charge in [-0.25, -0.2) is 5.01 Å². The number of carbonyl (C=O) groups is 1. The molecule has 0 aromatic heterocycles. The van der Waals surface area contributed by atoms with E-state index in [1.54, 1.807) is 37.8 Å². The number of amidine groups is 1. The molecule has 3 fully saturated rings. The first-order valence-electron chi connectivity index (χ1n) is 14.8. The first kappa shape index (κ1) is 28.7. The first-order valence-corrected chi connectivity index (χ1v) is 15.5. The van der Waals surface area contributed by atoms with Crippen molar-refractivity contribution in [2.45, 2.75) is 115 Å². The zero-order valence-electron chi connectivity index (χ0n) is 22.6. The van der Waals surface area contributed by atoms with Gasteiger partial charge in [-0.3, -0.25) is 4.79 Å². The normalized spacial score (nSPS) is 24.5. The van der Waals surface area contributed by atoms with Crippen LogP contribution < -0.4 is 11.1 Å². The van der Waals surface area contributed by atoms with E-state index in [2.05, 4.69) is 10.4 Å². The monoisotopic (exact) mass is 548 g/mol. The second-order valence-corrected chi connectivity index (χ2v) is 12.5. The van der Waals surface area contributed by atoms with Gasteiger partial charge in [0, 0.05) is 6.04 Å². The molecule has 1 aromatic carbocycles. The summed E-state index contributed by atoms with van der Waals surface area (Å²) in [5.41, 5.74) is 6.39.